The van der Waals surface area contributed by atoms with E-state index in [1.54, 1.807) is 0 Å². The quantitative estimate of drug-likeness (QED) is 0.809. The second kappa shape index (κ2) is 6.25. The Morgan fingerprint density at radius 3 is 2.63 bits per heavy atom. The van der Waals surface area contributed by atoms with Crippen molar-refractivity contribution in [1.29, 1.82) is 0 Å². The molecule has 0 aromatic heterocycles. The number of halogens is 1. The van der Waals surface area contributed by atoms with Crippen LogP contribution < -0.4 is 10.1 Å². The summed E-state index contributed by atoms with van der Waals surface area (Å²) >= 11 is 3.37. The number of hydrogen-bond acceptors (Lipinski definition) is 3. The van der Waals surface area contributed by atoms with Crippen LogP contribution in [0.5, 0.6) is 5.75 Å². The highest BCUT2D eigenvalue weighted by molar-refractivity contribution is 9.10. The molecule has 2 unspecified atom stereocenters. The second-order valence-electron chi connectivity index (χ2n) is 5.97. The largest absolute Gasteiger partial charge is 0.491 e. The standard InChI is InChI=1S/C15H22BrNO2/c1-15(2)7-11(15)8-17-9-13(18)10-19-14-5-3-12(16)4-6-14/h3-6,11,13,17-18H,7-10H2,1-2H3. The van der Waals surface area contributed by atoms with E-state index in [9.17, 15) is 5.11 Å². The Morgan fingerprint density at radius 2 is 2.05 bits per heavy atom. The predicted molar refractivity (Wildman–Crippen MR) is 80.4 cm³/mol. The molecule has 1 aromatic rings. The molecule has 19 heavy (non-hydrogen) atoms. The molecule has 4 heteroatoms. The third-order valence-electron chi connectivity index (χ3n) is 3.74. The molecule has 1 aliphatic rings. The summed E-state index contributed by atoms with van der Waals surface area (Å²) in [5.41, 5.74) is 0.492. The van der Waals surface area contributed by atoms with Crippen LogP contribution in [0.15, 0.2) is 28.7 Å². The van der Waals surface area contributed by atoms with Gasteiger partial charge in [-0.25, -0.2) is 0 Å². The SMILES string of the molecule is CC1(C)CC1CNCC(O)COc1ccc(Br)cc1. The van der Waals surface area contributed by atoms with E-state index >= 15 is 0 Å². The third kappa shape index (κ3) is 4.79. The summed E-state index contributed by atoms with van der Waals surface area (Å²) in [5, 5.41) is 13.1. The van der Waals surface area contributed by atoms with Gasteiger partial charge in [0.05, 0.1) is 0 Å². The van der Waals surface area contributed by atoms with Gasteiger partial charge >= 0.3 is 0 Å². The first-order valence-electron chi connectivity index (χ1n) is 6.74. The summed E-state index contributed by atoms with van der Waals surface area (Å²) in [6, 6.07) is 7.62. The summed E-state index contributed by atoms with van der Waals surface area (Å²) in [5.74, 6) is 1.54. The van der Waals surface area contributed by atoms with Crippen molar-refractivity contribution in [2.75, 3.05) is 19.7 Å². The first-order chi connectivity index (χ1) is 8.97. The molecule has 2 rings (SSSR count). The van der Waals surface area contributed by atoms with Gasteiger partial charge in [-0.2, -0.15) is 0 Å². The lowest BCUT2D eigenvalue weighted by atomic mass is 10.1. The molecule has 2 N–H and O–H groups in total. The summed E-state index contributed by atoms with van der Waals surface area (Å²) in [4.78, 5) is 0. The molecule has 0 amide bonds. The molecule has 0 radical (unpaired) electrons. The van der Waals surface area contributed by atoms with Crippen LogP contribution in [-0.4, -0.2) is 30.9 Å². The minimum atomic E-state index is -0.467. The van der Waals surface area contributed by atoms with Crippen LogP contribution in [0.4, 0.5) is 0 Å². The molecular formula is C15H22BrNO2. The molecule has 0 heterocycles. The first kappa shape index (κ1) is 14.8. The highest BCUT2D eigenvalue weighted by Gasteiger charge is 2.44. The van der Waals surface area contributed by atoms with Crippen LogP contribution in [0.1, 0.15) is 20.3 Å². The number of aliphatic hydroxyl groups excluding tert-OH is 1. The third-order valence-corrected chi connectivity index (χ3v) is 4.27. The zero-order chi connectivity index (χ0) is 13.9. The molecule has 0 saturated heterocycles. The molecule has 3 nitrogen and oxygen atoms in total. The van der Waals surface area contributed by atoms with Gasteiger partial charge in [0.25, 0.3) is 0 Å². The van der Waals surface area contributed by atoms with Crippen molar-refractivity contribution < 1.29 is 9.84 Å². The van der Waals surface area contributed by atoms with Gasteiger partial charge in [-0.3, -0.25) is 0 Å². The van der Waals surface area contributed by atoms with Crippen LogP contribution in [0.25, 0.3) is 0 Å². The Kier molecular flexibility index (Phi) is 4.87. The molecule has 1 fully saturated rings. The van der Waals surface area contributed by atoms with Crippen LogP contribution >= 0.6 is 15.9 Å². The summed E-state index contributed by atoms with van der Waals surface area (Å²) in [7, 11) is 0. The van der Waals surface area contributed by atoms with Crippen molar-refractivity contribution in [3.05, 3.63) is 28.7 Å². The van der Waals surface area contributed by atoms with Gasteiger partial charge < -0.3 is 15.2 Å². The number of benzene rings is 1. The van der Waals surface area contributed by atoms with Gasteiger partial charge in [0.1, 0.15) is 18.5 Å². The van der Waals surface area contributed by atoms with Crippen molar-refractivity contribution in [3.8, 4) is 5.75 Å². The zero-order valence-electron chi connectivity index (χ0n) is 11.5. The zero-order valence-corrected chi connectivity index (χ0v) is 13.1. The minimum absolute atomic E-state index is 0.322. The summed E-state index contributed by atoms with van der Waals surface area (Å²) in [6.45, 7) is 6.47. The van der Waals surface area contributed by atoms with Crippen LogP contribution in [0, 0.1) is 11.3 Å². The highest BCUT2D eigenvalue weighted by atomic mass is 79.9. The fourth-order valence-electron chi connectivity index (χ4n) is 2.13. The fourth-order valence-corrected chi connectivity index (χ4v) is 2.40. The molecule has 0 spiro atoms. The molecular weight excluding hydrogens is 306 g/mol. The normalized spacial score (nSPS) is 22.0. The first-order valence-corrected chi connectivity index (χ1v) is 7.54. The summed E-state index contributed by atoms with van der Waals surface area (Å²) < 4.78 is 6.55. The Bertz CT molecular complexity index is 405. The van der Waals surface area contributed by atoms with Crippen molar-refractivity contribution >= 4 is 15.9 Å². The molecule has 1 aliphatic carbocycles. The van der Waals surface area contributed by atoms with E-state index < -0.39 is 6.10 Å². The Labute approximate surface area is 123 Å². The maximum absolute atomic E-state index is 9.83. The van der Waals surface area contributed by atoms with Gasteiger partial charge in [0.15, 0.2) is 0 Å². The number of hydrogen-bond donors (Lipinski definition) is 2. The molecule has 0 bridgehead atoms. The van der Waals surface area contributed by atoms with Crippen LogP contribution in [0.2, 0.25) is 0 Å². The van der Waals surface area contributed by atoms with Crippen LogP contribution in [-0.2, 0) is 0 Å². The second-order valence-corrected chi connectivity index (χ2v) is 6.88. The maximum Gasteiger partial charge on any atom is 0.119 e. The van der Waals surface area contributed by atoms with Crippen LogP contribution in [0.3, 0.4) is 0 Å². The Hall–Kier alpha value is -0.580. The fraction of sp³-hybridized carbons (Fsp3) is 0.600. The van der Waals surface area contributed by atoms with Gasteiger partial charge in [-0.15, -0.1) is 0 Å². The highest BCUT2D eigenvalue weighted by Crippen LogP contribution is 2.50. The number of ether oxygens (including phenoxy) is 1. The Balaban J connectivity index is 1.59. The molecule has 1 aromatic carbocycles. The topological polar surface area (TPSA) is 41.5 Å². The van der Waals surface area contributed by atoms with E-state index in [0.717, 1.165) is 22.7 Å². The molecule has 0 aliphatic heterocycles. The lowest BCUT2D eigenvalue weighted by molar-refractivity contribution is 0.106. The van der Waals surface area contributed by atoms with E-state index in [4.69, 9.17) is 4.74 Å². The van der Waals surface area contributed by atoms with Gasteiger partial charge in [0, 0.05) is 11.0 Å². The van der Waals surface area contributed by atoms with E-state index in [0.29, 0.717) is 18.6 Å². The smallest absolute Gasteiger partial charge is 0.119 e. The van der Waals surface area contributed by atoms with Gasteiger partial charge in [-0.1, -0.05) is 29.8 Å². The van der Waals surface area contributed by atoms with Gasteiger partial charge in [-0.05, 0) is 48.6 Å². The average molecular weight is 328 g/mol. The maximum atomic E-state index is 9.83. The summed E-state index contributed by atoms with van der Waals surface area (Å²) in [6.07, 6.45) is 0.816. The number of rotatable bonds is 7. The van der Waals surface area contributed by atoms with E-state index in [1.165, 1.54) is 6.42 Å². The van der Waals surface area contributed by atoms with Crippen molar-refractivity contribution in [3.63, 3.8) is 0 Å². The Morgan fingerprint density at radius 1 is 1.42 bits per heavy atom. The number of nitrogens with one attached hydrogen (secondary N) is 1. The van der Waals surface area contributed by atoms with Crippen molar-refractivity contribution in [2.24, 2.45) is 11.3 Å². The molecule has 1 saturated carbocycles. The monoisotopic (exact) mass is 327 g/mol. The number of aliphatic hydroxyl groups is 1. The van der Waals surface area contributed by atoms with E-state index in [2.05, 4.69) is 35.1 Å². The predicted octanol–water partition coefficient (Wildman–Crippen LogP) is 2.82. The lowest BCUT2D eigenvalue weighted by Gasteiger charge is -2.13. The minimum Gasteiger partial charge on any atom is -0.491 e. The molecule has 106 valence electrons. The van der Waals surface area contributed by atoms with E-state index in [-0.39, 0.29) is 0 Å². The average Bonchev–Trinajstić information content (AvgIpc) is 2.96. The lowest BCUT2D eigenvalue weighted by Crippen LogP contribution is -2.33. The van der Waals surface area contributed by atoms with Crippen molar-refractivity contribution in [2.45, 2.75) is 26.4 Å². The van der Waals surface area contributed by atoms with Crippen molar-refractivity contribution in [1.82, 2.24) is 5.32 Å². The molecule has 2 atom stereocenters. The van der Waals surface area contributed by atoms with E-state index in [1.807, 2.05) is 24.3 Å². The van der Waals surface area contributed by atoms with Gasteiger partial charge in [0.2, 0.25) is 0 Å².